The topological polar surface area (TPSA) is 35.5 Å². The highest BCUT2D eigenvalue weighted by molar-refractivity contribution is 5.85. The molecule has 190 valence electrons. The van der Waals surface area contributed by atoms with Gasteiger partial charge in [0.1, 0.15) is 11.6 Å². The molecule has 0 unspecified atom stereocenters. The number of piperidine rings is 1. The number of rotatable bonds is 9. The van der Waals surface area contributed by atoms with Crippen molar-refractivity contribution in [3.63, 3.8) is 0 Å². The minimum absolute atomic E-state index is 0. The third-order valence-electron chi connectivity index (χ3n) is 6.59. The Morgan fingerprint density at radius 3 is 1.97 bits per heavy atom. The Morgan fingerprint density at radius 2 is 1.43 bits per heavy atom. The standard InChI is InChI=1S/C28H32F2N2O.2ClH/c29-24-12-8-22(9-13-24)26(23-10-14-25(30)15-11-23)7-4-17-32-18-16-27(28(33)20-32)31-19-21-5-2-1-3-6-21;;/h1-3,5-6,8-15,26-28,31,33H,4,7,16-20H2;2*1H/t27-,28-;;/m1../s1. The minimum atomic E-state index is -0.396. The van der Waals surface area contributed by atoms with E-state index in [9.17, 15) is 13.9 Å². The Hall–Kier alpha value is -2.02. The molecule has 2 N–H and O–H groups in total. The number of halogens is 4. The van der Waals surface area contributed by atoms with Crippen LogP contribution in [0.15, 0.2) is 78.9 Å². The minimum Gasteiger partial charge on any atom is -0.390 e. The number of hydrogen-bond acceptors (Lipinski definition) is 3. The van der Waals surface area contributed by atoms with Crippen LogP contribution in [-0.4, -0.2) is 41.8 Å². The lowest BCUT2D eigenvalue weighted by molar-refractivity contribution is 0.0392. The highest BCUT2D eigenvalue weighted by Gasteiger charge is 2.27. The third kappa shape index (κ3) is 8.55. The number of hydrogen-bond donors (Lipinski definition) is 2. The molecule has 3 aromatic carbocycles. The summed E-state index contributed by atoms with van der Waals surface area (Å²) in [5.41, 5.74) is 3.29. The Bertz CT molecular complexity index is 945. The van der Waals surface area contributed by atoms with E-state index in [4.69, 9.17) is 0 Å². The van der Waals surface area contributed by atoms with Gasteiger partial charge in [0.15, 0.2) is 0 Å². The van der Waals surface area contributed by atoms with Gasteiger partial charge in [0.05, 0.1) is 6.10 Å². The summed E-state index contributed by atoms with van der Waals surface area (Å²) in [4.78, 5) is 2.32. The summed E-state index contributed by atoms with van der Waals surface area (Å²) in [5, 5.41) is 14.2. The van der Waals surface area contributed by atoms with Crippen molar-refractivity contribution >= 4 is 24.8 Å². The molecule has 1 aliphatic heterocycles. The molecular weight excluding hydrogens is 489 g/mol. The van der Waals surface area contributed by atoms with E-state index in [0.29, 0.717) is 6.54 Å². The lowest BCUT2D eigenvalue weighted by atomic mass is 9.87. The second kappa shape index (κ2) is 14.5. The first-order chi connectivity index (χ1) is 16.1. The van der Waals surface area contributed by atoms with Crippen molar-refractivity contribution in [3.05, 3.63) is 107 Å². The third-order valence-corrected chi connectivity index (χ3v) is 6.59. The highest BCUT2D eigenvalue weighted by Crippen LogP contribution is 2.30. The highest BCUT2D eigenvalue weighted by atomic mass is 35.5. The van der Waals surface area contributed by atoms with Gasteiger partial charge in [0.25, 0.3) is 0 Å². The van der Waals surface area contributed by atoms with Crippen LogP contribution in [0, 0.1) is 11.6 Å². The van der Waals surface area contributed by atoms with Crippen LogP contribution < -0.4 is 5.32 Å². The molecule has 0 aromatic heterocycles. The molecule has 35 heavy (non-hydrogen) atoms. The van der Waals surface area contributed by atoms with E-state index in [1.165, 1.54) is 29.8 Å². The number of aliphatic hydroxyl groups excluding tert-OH is 1. The largest absolute Gasteiger partial charge is 0.390 e. The fourth-order valence-corrected chi connectivity index (χ4v) is 4.72. The molecule has 0 aliphatic carbocycles. The van der Waals surface area contributed by atoms with Crippen molar-refractivity contribution in [2.24, 2.45) is 0 Å². The van der Waals surface area contributed by atoms with Crippen molar-refractivity contribution in [1.29, 1.82) is 0 Å². The summed E-state index contributed by atoms with van der Waals surface area (Å²) in [6, 6.07) is 23.5. The predicted molar refractivity (Wildman–Crippen MR) is 143 cm³/mol. The van der Waals surface area contributed by atoms with Gasteiger partial charge in [-0.2, -0.15) is 0 Å². The molecule has 2 atom stereocenters. The van der Waals surface area contributed by atoms with Crippen LogP contribution in [0.5, 0.6) is 0 Å². The average molecular weight is 523 g/mol. The summed E-state index contributed by atoms with van der Waals surface area (Å²) in [6.07, 6.45) is 2.33. The number of β-amino-alcohol motifs (C(OH)–C–C–N with tert-alkyl or cyclic N) is 1. The number of likely N-dealkylation sites (tertiary alicyclic amines) is 1. The summed E-state index contributed by atoms with van der Waals surface area (Å²) >= 11 is 0. The van der Waals surface area contributed by atoms with Crippen LogP contribution in [0.4, 0.5) is 8.78 Å². The molecule has 1 heterocycles. The van der Waals surface area contributed by atoms with Gasteiger partial charge >= 0.3 is 0 Å². The van der Waals surface area contributed by atoms with Crippen molar-refractivity contribution in [2.45, 2.75) is 43.9 Å². The van der Waals surface area contributed by atoms with Crippen LogP contribution >= 0.6 is 24.8 Å². The number of benzene rings is 3. The first-order valence-corrected chi connectivity index (χ1v) is 11.8. The maximum atomic E-state index is 13.4. The van der Waals surface area contributed by atoms with E-state index in [0.717, 1.165) is 50.0 Å². The molecule has 3 aromatic rings. The summed E-state index contributed by atoms with van der Waals surface area (Å²) in [6.45, 7) is 3.26. The number of aliphatic hydroxyl groups is 1. The molecule has 0 radical (unpaired) electrons. The maximum absolute atomic E-state index is 13.4. The predicted octanol–water partition coefficient (Wildman–Crippen LogP) is 5.95. The van der Waals surface area contributed by atoms with E-state index in [1.807, 2.05) is 42.5 Å². The Kier molecular flexibility index (Phi) is 12.1. The zero-order valence-electron chi connectivity index (χ0n) is 19.7. The summed E-state index contributed by atoms with van der Waals surface area (Å²) in [7, 11) is 0. The van der Waals surface area contributed by atoms with E-state index in [1.54, 1.807) is 0 Å². The van der Waals surface area contributed by atoms with Crippen LogP contribution in [-0.2, 0) is 6.54 Å². The van der Waals surface area contributed by atoms with Crippen LogP contribution in [0.2, 0.25) is 0 Å². The zero-order valence-corrected chi connectivity index (χ0v) is 21.3. The van der Waals surface area contributed by atoms with Crippen molar-refractivity contribution in [2.75, 3.05) is 19.6 Å². The molecule has 3 nitrogen and oxygen atoms in total. The van der Waals surface area contributed by atoms with Gasteiger partial charge in [0, 0.05) is 25.0 Å². The zero-order chi connectivity index (χ0) is 23.0. The number of nitrogens with zero attached hydrogens (tertiary/aromatic N) is 1. The first kappa shape index (κ1) is 29.2. The lowest BCUT2D eigenvalue weighted by Gasteiger charge is -2.36. The van der Waals surface area contributed by atoms with Gasteiger partial charge in [-0.1, -0.05) is 54.6 Å². The molecule has 4 rings (SSSR count). The molecule has 0 saturated carbocycles. The Labute approximate surface area is 219 Å². The van der Waals surface area contributed by atoms with Gasteiger partial charge in [-0.05, 0) is 73.3 Å². The summed E-state index contributed by atoms with van der Waals surface area (Å²) in [5.74, 6) is -0.426. The Balaban J connectivity index is 0.00000216. The smallest absolute Gasteiger partial charge is 0.123 e. The molecule has 7 heteroatoms. The molecule has 0 amide bonds. The second-order valence-corrected chi connectivity index (χ2v) is 8.93. The fourth-order valence-electron chi connectivity index (χ4n) is 4.72. The summed E-state index contributed by atoms with van der Waals surface area (Å²) < 4.78 is 26.9. The molecule has 0 spiro atoms. The van der Waals surface area contributed by atoms with Gasteiger partial charge in [0.2, 0.25) is 0 Å². The van der Waals surface area contributed by atoms with Crippen LogP contribution in [0.3, 0.4) is 0 Å². The first-order valence-electron chi connectivity index (χ1n) is 11.8. The SMILES string of the molecule is Cl.Cl.O[C@@H]1CN(CCCC(c2ccc(F)cc2)c2ccc(F)cc2)CC[C@H]1NCc1ccccc1. The quantitative estimate of drug-likeness (QED) is 0.364. The van der Waals surface area contributed by atoms with E-state index in [2.05, 4.69) is 22.3 Å². The Morgan fingerprint density at radius 1 is 0.857 bits per heavy atom. The van der Waals surface area contributed by atoms with Crippen molar-refractivity contribution < 1.29 is 13.9 Å². The monoisotopic (exact) mass is 522 g/mol. The second-order valence-electron chi connectivity index (χ2n) is 8.93. The maximum Gasteiger partial charge on any atom is 0.123 e. The van der Waals surface area contributed by atoms with Gasteiger partial charge in [-0.15, -0.1) is 24.8 Å². The molecule has 0 bridgehead atoms. The van der Waals surface area contributed by atoms with Gasteiger partial charge < -0.3 is 15.3 Å². The molecule has 1 fully saturated rings. The average Bonchev–Trinajstić information content (AvgIpc) is 2.83. The van der Waals surface area contributed by atoms with Crippen LogP contribution in [0.25, 0.3) is 0 Å². The molecule has 1 saturated heterocycles. The number of nitrogens with one attached hydrogen (secondary N) is 1. The van der Waals surface area contributed by atoms with E-state index < -0.39 is 6.10 Å². The fraction of sp³-hybridized carbons (Fsp3) is 0.357. The molecule has 1 aliphatic rings. The molecular formula is C28H34Cl2F2N2O. The van der Waals surface area contributed by atoms with Crippen molar-refractivity contribution in [3.8, 4) is 0 Å². The van der Waals surface area contributed by atoms with Crippen molar-refractivity contribution in [1.82, 2.24) is 10.2 Å². The van der Waals surface area contributed by atoms with Gasteiger partial charge in [-0.3, -0.25) is 0 Å². The van der Waals surface area contributed by atoms with Gasteiger partial charge in [-0.25, -0.2) is 8.78 Å². The normalized spacial score (nSPS) is 18.1. The van der Waals surface area contributed by atoms with Crippen LogP contribution in [0.1, 0.15) is 41.9 Å². The van der Waals surface area contributed by atoms with E-state index >= 15 is 0 Å². The lowest BCUT2D eigenvalue weighted by Crippen LogP contribution is -2.52. The van der Waals surface area contributed by atoms with E-state index in [-0.39, 0.29) is 48.4 Å².